The van der Waals surface area contributed by atoms with Gasteiger partial charge in [-0.25, -0.2) is 4.39 Å². The quantitative estimate of drug-likeness (QED) is 0.661. The van der Waals surface area contributed by atoms with Crippen LogP contribution in [0.25, 0.3) is 0 Å². The number of rotatable bonds is 4. The Morgan fingerprint density at radius 3 is 2.74 bits per heavy atom. The molecular formula is C13H19FN2OS2. The first-order chi connectivity index (χ1) is 9.17. The first-order valence-electron chi connectivity index (χ1n) is 6.20. The molecule has 19 heavy (non-hydrogen) atoms. The number of nitrogens with two attached hydrogens (primary N) is 1. The normalized spacial score (nSPS) is 25.1. The molecule has 2 rings (SSSR count). The summed E-state index contributed by atoms with van der Waals surface area (Å²) in [4.78, 5) is 0. The summed E-state index contributed by atoms with van der Waals surface area (Å²) in [6.45, 7) is 2.20. The van der Waals surface area contributed by atoms with Crippen LogP contribution in [-0.4, -0.2) is 29.1 Å². The summed E-state index contributed by atoms with van der Waals surface area (Å²) in [6.07, 6.45) is 0. The Morgan fingerprint density at radius 2 is 2.16 bits per heavy atom. The van der Waals surface area contributed by atoms with Crippen molar-refractivity contribution in [3.63, 3.8) is 0 Å². The van der Waals surface area contributed by atoms with Gasteiger partial charge in [0.1, 0.15) is 0 Å². The minimum absolute atomic E-state index is 0.0480. The van der Waals surface area contributed by atoms with Crippen molar-refractivity contribution < 1.29 is 9.13 Å². The highest BCUT2D eigenvalue weighted by Gasteiger charge is 2.31. The average molecular weight is 302 g/mol. The zero-order valence-electron chi connectivity index (χ0n) is 11.1. The van der Waals surface area contributed by atoms with Crippen LogP contribution in [0.2, 0.25) is 0 Å². The SMILES string of the molecule is COc1ccc(C(NN)C2SCCSC2C)cc1F. The number of nitrogens with one attached hydrogen (secondary N) is 1. The van der Waals surface area contributed by atoms with E-state index in [9.17, 15) is 4.39 Å². The number of ether oxygens (including phenoxy) is 1. The number of hydrogen-bond donors (Lipinski definition) is 2. The minimum atomic E-state index is -0.346. The highest BCUT2D eigenvalue weighted by atomic mass is 32.2. The lowest BCUT2D eigenvalue weighted by molar-refractivity contribution is 0.385. The fraction of sp³-hybridized carbons (Fsp3) is 0.538. The maximum Gasteiger partial charge on any atom is 0.165 e. The van der Waals surface area contributed by atoms with Gasteiger partial charge in [0.15, 0.2) is 11.6 Å². The summed E-state index contributed by atoms with van der Waals surface area (Å²) in [7, 11) is 1.46. The molecule has 106 valence electrons. The molecule has 3 nitrogen and oxygen atoms in total. The van der Waals surface area contributed by atoms with Crippen molar-refractivity contribution >= 4 is 23.5 Å². The van der Waals surface area contributed by atoms with Crippen LogP contribution in [0.1, 0.15) is 18.5 Å². The Bertz CT molecular complexity index is 433. The van der Waals surface area contributed by atoms with Gasteiger partial charge < -0.3 is 4.74 Å². The van der Waals surface area contributed by atoms with Gasteiger partial charge in [0, 0.05) is 22.0 Å². The van der Waals surface area contributed by atoms with Gasteiger partial charge >= 0.3 is 0 Å². The second-order valence-electron chi connectivity index (χ2n) is 4.45. The van der Waals surface area contributed by atoms with Crippen molar-refractivity contribution in [1.82, 2.24) is 5.43 Å². The Morgan fingerprint density at radius 1 is 1.42 bits per heavy atom. The topological polar surface area (TPSA) is 47.3 Å². The fourth-order valence-electron chi connectivity index (χ4n) is 2.27. The van der Waals surface area contributed by atoms with Gasteiger partial charge in [-0.15, -0.1) is 0 Å². The minimum Gasteiger partial charge on any atom is -0.494 e. The van der Waals surface area contributed by atoms with Gasteiger partial charge in [-0.2, -0.15) is 23.5 Å². The fourth-order valence-corrected chi connectivity index (χ4v) is 5.20. The first-order valence-corrected chi connectivity index (χ1v) is 8.30. The Balaban J connectivity index is 2.23. The largest absolute Gasteiger partial charge is 0.494 e. The third kappa shape index (κ3) is 3.37. The molecule has 0 amide bonds. The molecule has 0 aliphatic carbocycles. The van der Waals surface area contributed by atoms with Gasteiger partial charge in [0.2, 0.25) is 0 Å². The summed E-state index contributed by atoms with van der Waals surface area (Å²) in [5.41, 5.74) is 3.71. The van der Waals surface area contributed by atoms with Crippen molar-refractivity contribution in [2.75, 3.05) is 18.6 Å². The molecule has 1 fully saturated rings. The predicted molar refractivity (Wildman–Crippen MR) is 81.2 cm³/mol. The Kier molecular flexibility index (Phi) is 5.38. The standard InChI is InChI=1S/C13H19FN2OS2/c1-8-13(19-6-5-18-8)12(16-15)9-3-4-11(17-2)10(14)7-9/h3-4,7-8,12-13,16H,5-6,15H2,1-2H3. The van der Waals surface area contributed by atoms with E-state index in [2.05, 4.69) is 12.3 Å². The third-order valence-corrected chi connectivity index (χ3v) is 6.47. The van der Waals surface area contributed by atoms with Crippen molar-refractivity contribution in [3.8, 4) is 5.75 Å². The molecule has 1 aliphatic heterocycles. The third-order valence-electron chi connectivity index (χ3n) is 3.28. The second-order valence-corrected chi connectivity index (χ2v) is 7.22. The summed E-state index contributed by atoms with van der Waals surface area (Å²) in [6, 6.07) is 4.99. The van der Waals surface area contributed by atoms with Gasteiger partial charge in [0.25, 0.3) is 0 Å². The molecular weight excluding hydrogens is 283 g/mol. The Labute approximate surface area is 121 Å². The molecule has 1 saturated heterocycles. The Hall–Kier alpha value is -0.430. The van der Waals surface area contributed by atoms with Crippen LogP contribution in [0.15, 0.2) is 18.2 Å². The number of halogens is 1. The second kappa shape index (κ2) is 6.83. The lowest BCUT2D eigenvalue weighted by atomic mass is 10.0. The lowest BCUT2D eigenvalue weighted by Gasteiger charge is -2.34. The molecule has 1 heterocycles. The van der Waals surface area contributed by atoms with Crippen LogP contribution in [0.4, 0.5) is 4.39 Å². The van der Waals surface area contributed by atoms with Crippen LogP contribution in [0, 0.1) is 5.82 Å². The van der Waals surface area contributed by atoms with Gasteiger partial charge in [-0.05, 0) is 17.7 Å². The van der Waals surface area contributed by atoms with E-state index in [0.29, 0.717) is 10.5 Å². The highest BCUT2D eigenvalue weighted by Crippen LogP contribution is 2.38. The van der Waals surface area contributed by atoms with Gasteiger partial charge in [-0.1, -0.05) is 13.0 Å². The average Bonchev–Trinajstić information content (AvgIpc) is 2.42. The molecule has 1 aromatic rings. The van der Waals surface area contributed by atoms with Crippen molar-refractivity contribution in [2.24, 2.45) is 5.84 Å². The van der Waals surface area contributed by atoms with Crippen molar-refractivity contribution in [1.29, 1.82) is 0 Å². The smallest absolute Gasteiger partial charge is 0.165 e. The number of thioether (sulfide) groups is 2. The molecule has 3 N–H and O–H groups in total. The molecule has 0 bridgehead atoms. The van der Waals surface area contributed by atoms with Crippen molar-refractivity contribution in [2.45, 2.75) is 23.5 Å². The molecule has 1 aliphatic rings. The summed E-state index contributed by atoms with van der Waals surface area (Å²) in [5.74, 6) is 7.88. The number of benzene rings is 1. The molecule has 0 radical (unpaired) electrons. The van der Waals surface area contributed by atoms with E-state index in [0.717, 1.165) is 17.1 Å². The predicted octanol–water partition coefficient (Wildman–Crippen LogP) is 2.58. The number of hydrogen-bond acceptors (Lipinski definition) is 5. The number of hydrazine groups is 1. The van der Waals surface area contributed by atoms with E-state index < -0.39 is 0 Å². The van der Waals surface area contributed by atoms with Gasteiger partial charge in [-0.3, -0.25) is 11.3 Å². The molecule has 3 atom stereocenters. The van der Waals surface area contributed by atoms with Crippen LogP contribution in [0.5, 0.6) is 5.75 Å². The first kappa shape index (κ1) is 15.0. The van der Waals surface area contributed by atoms with Crippen LogP contribution in [0.3, 0.4) is 0 Å². The highest BCUT2D eigenvalue weighted by molar-refractivity contribution is 8.07. The number of methoxy groups -OCH3 is 1. The molecule has 1 aromatic carbocycles. The van der Waals surface area contributed by atoms with Crippen molar-refractivity contribution in [3.05, 3.63) is 29.6 Å². The molecule has 3 unspecified atom stereocenters. The molecule has 0 aromatic heterocycles. The van der Waals surface area contributed by atoms with Crippen LogP contribution < -0.4 is 16.0 Å². The van der Waals surface area contributed by atoms with E-state index in [4.69, 9.17) is 10.6 Å². The van der Waals surface area contributed by atoms with E-state index in [-0.39, 0.29) is 17.6 Å². The molecule has 0 saturated carbocycles. The van der Waals surface area contributed by atoms with Gasteiger partial charge in [0.05, 0.1) is 13.2 Å². The zero-order valence-corrected chi connectivity index (χ0v) is 12.7. The summed E-state index contributed by atoms with van der Waals surface area (Å²) >= 11 is 3.84. The van der Waals surface area contributed by atoms with Crippen LogP contribution in [-0.2, 0) is 0 Å². The summed E-state index contributed by atoms with van der Waals surface area (Å²) in [5, 5.41) is 0.835. The van der Waals surface area contributed by atoms with E-state index in [1.54, 1.807) is 6.07 Å². The summed E-state index contributed by atoms with van der Waals surface area (Å²) < 4.78 is 18.7. The van der Waals surface area contributed by atoms with E-state index in [1.165, 1.54) is 13.2 Å². The maximum atomic E-state index is 13.8. The zero-order chi connectivity index (χ0) is 13.8. The maximum absolute atomic E-state index is 13.8. The van der Waals surface area contributed by atoms with E-state index in [1.807, 2.05) is 29.6 Å². The van der Waals surface area contributed by atoms with Crippen LogP contribution >= 0.6 is 23.5 Å². The molecule has 0 spiro atoms. The van der Waals surface area contributed by atoms with E-state index >= 15 is 0 Å². The lowest BCUT2D eigenvalue weighted by Crippen LogP contribution is -2.41. The monoisotopic (exact) mass is 302 g/mol. The molecule has 6 heteroatoms.